The molecule has 0 unspecified atom stereocenters. The SMILES string of the molecule is O=C(Nc1ccc(Cl)cc1)c1cccc(Nc2nc(-c3ccccc3)c3cc(Cl)ccc3n2)c1. The molecule has 5 nitrogen and oxygen atoms in total. The van der Waals surface area contributed by atoms with Gasteiger partial charge in [-0.2, -0.15) is 0 Å². The van der Waals surface area contributed by atoms with Crippen LogP contribution < -0.4 is 10.6 Å². The van der Waals surface area contributed by atoms with E-state index in [1.54, 1.807) is 48.5 Å². The van der Waals surface area contributed by atoms with Crippen molar-refractivity contribution in [3.05, 3.63) is 113 Å². The maximum atomic E-state index is 12.7. The Morgan fingerprint density at radius 1 is 0.706 bits per heavy atom. The first kappa shape index (κ1) is 21.9. The highest BCUT2D eigenvalue weighted by Crippen LogP contribution is 2.30. The third-order valence-electron chi connectivity index (χ3n) is 5.19. The number of amides is 1. The van der Waals surface area contributed by atoms with E-state index in [-0.39, 0.29) is 5.91 Å². The van der Waals surface area contributed by atoms with Crippen LogP contribution in [0, 0.1) is 0 Å². The number of rotatable bonds is 5. The minimum atomic E-state index is -0.231. The Labute approximate surface area is 206 Å². The second-order valence-corrected chi connectivity index (χ2v) is 8.46. The molecule has 0 aliphatic rings. The number of carbonyl (C=O) groups is 1. The Balaban J connectivity index is 1.46. The highest BCUT2D eigenvalue weighted by Gasteiger charge is 2.12. The number of anilines is 3. The van der Waals surface area contributed by atoms with Crippen LogP contribution in [0.15, 0.2) is 97.1 Å². The molecular weight excluding hydrogens is 467 g/mol. The maximum absolute atomic E-state index is 12.7. The number of nitrogens with zero attached hydrogens (tertiary/aromatic N) is 2. The molecule has 7 heteroatoms. The van der Waals surface area contributed by atoms with Crippen molar-refractivity contribution in [1.82, 2.24) is 9.97 Å². The number of aromatic nitrogens is 2. The molecule has 1 aromatic heterocycles. The lowest BCUT2D eigenvalue weighted by Gasteiger charge is -2.12. The molecule has 0 bridgehead atoms. The molecule has 0 aliphatic heterocycles. The van der Waals surface area contributed by atoms with Gasteiger partial charge in [-0.3, -0.25) is 4.79 Å². The lowest BCUT2D eigenvalue weighted by molar-refractivity contribution is 0.102. The fourth-order valence-corrected chi connectivity index (χ4v) is 3.87. The second kappa shape index (κ2) is 9.51. The Morgan fingerprint density at radius 3 is 2.26 bits per heavy atom. The van der Waals surface area contributed by atoms with Gasteiger partial charge in [0, 0.05) is 37.9 Å². The van der Waals surface area contributed by atoms with Gasteiger partial charge in [-0.1, -0.05) is 59.6 Å². The van der Waals surface area contributed by atoms with Crippen LogP contribution in [0.25, 0.3) is 22.2 Å². The van der Waals surface area contributed by atoms with Crippen molar-refractivity contribution >= 4 is 57.3 Å². The molecule has 5 rings (SSSR count). The molecule has 0 fully saturated rings. The Kier molecular flexibility index (Phi) is 6.12. The van der Waals surface area contributed by atoms with Gasteiger partial charge in [-0.05, 0) is 60.7 Å². The topological polar surface area (TPSA) is 66.9 Å². The molecule has 1 heterocycles. The summed E-state index contributed by atoms with van der Waals surface area (Å²) >= 11 is 12.2. The third-order valence-corrected chi connectivity index (χ3v) is 5.68. The van der Waals surface area contributed by atoms with Crippen molar-refractivity contribution in [2.45, 2.75) is 0 Å². The summed E-state index contributed by atoms with van der Waals surface area (Å²) in [7, 11) is 0. The first-order valence-corrected chi connectivity index (χ1v) is 11.3. The predicted molar refractivity (Wildman–Crippen MR) is 139 cm³/mol. The molecule has 0 saturated carbocycles. The number of hydrogen-bond donors (Lipinski definition) is 2. The molecular formula is C27H18Cl2N4O. The highest BCUT2D eigenvalue weighted by molar-refractivity contribution is 6.31. The fraction of sp³-hybridized carbons (Fsp3) is 0. The summed E-state index contributed by atoms with van der Waals surface area (Å²) in [6, 6.07) is 29.5. The molecule has 0 spiro atoms. The van der Waals surface area contributed by atoms with E-state index in [9.17, 15) is 4.79 Å². The Hall–Kier alpha value is -3.93. The maximum Gasteiger partial charge on any atom is 0.255 e. The molecule has 2 N–H and O–H groups in total. The zero-order valence-electron chi connectivity index (χ0n) is 17.8. The van der Waals surface area contributed by atoms with Crippen LogP contribution >= 0.6 is 23.2 Å². The van der Waals surface area contributed by atoms with E-state index in [4.69, 9.17) is 28.2 Å². The van der Waals surface area contributed by atoms with E-state index in [2.05, 4.69) is 15.6 Å². The van der Waals surface area contributed by atoms with Gasteiger partial charge in [0.1, 0.15) is 0 Å². The van der Waals surface area contributed by atoms with E-state index in [0.717, 1.165) is 22.2 Å². The van der Waals surface area contributed by atoms with Crippen molar-refractivity contribution in [1.29, 1.82) is 0 Å². The minimum absolute atomic E-state index is 0.231. The average molecular weight is 485 g/mol. The number of benzene rings is 4. The number of halogens is 2. The molecule has 1 amide bonds. The minimum Gasteiger partial charge on any atom is -0.324 e. The normalized spacial score (nSPS) is 10.8. The van der Waals surface area contributed by atoms with Crippen LogP contribution in [0.5, 0.6) is 0 Å². The zero-order valence-corrected chi connectivity index (χ0v) is 19.3. The molecule has 0 aliphatic carbocycles. The number of nitrogens with one attached hydrogen (secondary N) is 2. The van der Waals surface area contributed by atoms with Gasteiger partial charge in [-0.25, -0.2) is 9.97 Å². The van der Waals surface area contributed by atoms with Crippen LogP contribution in [0.4, 0.5) is 17.3 Å². The van der Waals surface area contributed by atoms with Crippen LogP contribution in [0.2, 0.25) is 10.0 Å². The third kappa shape index (κ3) is 4.86. The van der Waals surface area contributed by atoms with Crippen LogP contribution in [-0.2, 0) is 0 Å². The molecule has 34 heavy (non-hydrogen) atoms. The first-order valence-electron chi connectivity index (χ1n) is 10.5. The number of fused-ring (bicyclic) bond motifs is 1. The van der Waals surface area contributed by atoms with Crippen molar-refractivity contribution < 1.29 is 4.79 Å². The summed E-state index contributed by atoms with van der Waals surface area (Å²) in [5, 5.41) is 8.19. The fourth-order valence-electron chi connectivity index (χ4n) is 3.58. The quantitative estimate of drug-likeness (QED) is 0.269. The number of hydrogen-bond acceptors (Lipinski definition) is 4. The van der Waals surface area contributed by atoms with Gasteiger partial charge in [0.15, 0.2) is 0 Å². The van der Waals surface area contributed by atoms with Gasteiger partial charge in [0.2, 0.25) is 5.95 Å². The average Bonchev–Trinajstić information content (AvgIpc) is 2.86. The lowest BCUT2D eigenvalue weighted by atomic mass is 10.1. The summed E-state index contributed by atoms with van der Waals surface area (Å²) < 4.78 is 0. The molecule has 0 radical (unpaired) electrons. The molecule has 166 valence electrons. The lowest BCUT2D eigenvalue weighted by Crippen LogP contribution is -2.12. The van der Waals surface area contributed by atoms with E-state index in [1.807, 2.05) is 48.5 Å². The summed E-state index contributed by atoms with van der Waals surface area (Å²) in [6.45, 7) is 0. The van der Waals surface area contributed by atoms with Crippen molar-refractivity contribution in [2.75, 3.05) is 10.6 Å². The Bertz CT molecular complexity index is 1490. The monoisotopic (exact) mass is 484 g/mol. The summed E-state index contributed by atoms with van der Waals surface area (Å²) in [5.74, 6) is 0.189. The molecule has 0 atom stereocenters. The van der Waals surface area contributed by atoms with E-state index in [1.165, 1.54) is 0 Å². The highest BCUT2D eigenvalue weighted by atomic mass is 35.5. The van der Waals surface area contributed by atoms with E-state index >= 15 is 0 Å². The largest absolute Gasteiger partial charge is 0.324 e. The second-order valence-electron chi connectivity index (χ2n) is 7.59. The standard InChI is InChI=1S/C27H18Cl2N4O/c28-19-9-12-21(13-10-19)30-26(34)18-7-4-8-22(15-18)31-27-32-24-14-11-20(29)16-23(24)25(33-27)17-5-2-1-3-6-17/h1-16H,(H,30,34)(H,31,32,33). The van der Waals surface area contributed by atoms with Gasteiger partial charge >= 0.3 is 0 Å². The molecule has 0 saturated heterocycles. The summed E-state index contributed by atoms with van der Waals surface area (Å²) in [6.07, 6.45) is 0. The van der Waals surface area contributed by atoms with Crippen LogP contribution in [0.1, 0.15) is 10.4 Å². The van der Waals surface area contributed by atoms with Gasteiger partial charge in [-0.15, -0.1) is 0 Å². The van der Waals surface area contributed by atoms with Crippen LogP contribution in [-0.4, -0.2) is 15.9 Å². The molecule has 5 aromatic rings. The zero-order chi connectivity index (χ0) is 23.5. The van der Waals surface area contributed by atoms with Gasteiger partial charge in [0.25, 0.3) is 5.91 Å². The van der Waals surface area contributed by atoms with E-state index < -0.39 is 0 Å². The number of carbonyl (C=O) groups excluding carboxylic acids is 1. The smallest absolute Gasteiger partial charge is 0.255 e. The molecule has 4 aromatic carbocycles. The van der Waals surface area contributed by atoms with Gasteiger partial charge in [0.05, 0.1) is 11.2 Å². The summed E-state index contributed by atoms with van der Waals surface area (Å²) in [4.78, 5) is 22.2. The first-order chi connectivity index (χ1) is 16.5. The van der Waals surface area contributed by atoms with Crippen molar-refractivity contribution in [3.8, 4) is 11.3 Å². The summed E-state index contributed by atoms with van der Waals surface area (Å²) in [5.41, 5.74) is 4.34. The van der Waals surface area contributed by atoms with Crippen molar-refractivity contribution in [3.63, 3.8) is 0 Å². The van der Waals surface area contributed by atoms with E-state index in [0.29, 0.717) is 32.9 Å². The van der Waals surface area contributed by atoms with Crippen molar-refractivity contribution in [2.24, 2.45) is 0 Å². The van der Waals surface area contributed by atoms with Crippen LogP contribution in [0.3, 0.4) is 0 Å². The predicted octanol–water partition coefficient (Wildman–Crippen LogP) is 7.60. The Morgan fingerprint density at radius 2 is 1.47 bits per heavy atom. The van der Waals surface area contributed by atoms with Gasteiger partial charge < -0.3 is 10.6 Å².